The van der Waals surface area contributed by atoms with Gasteiger partial charge >= 0.3 is 17.6 Å². The zero-order valence-corrected chi connectivity index (χ0v) is 17.0. The Balaban J connectivity index is 1.41. The first kappa shape index (κ1) is 20.5. The number of rotatable bonds is 3. The van der Waals surface area contributed by atoms with E-state index in [0.29, 0.717) is 30.8 Å². The van der Waals surface area contributed by atoms with Crippen LogP contribution >= 0.6 is 0 Å². The first-order valence-corrected chi connectivity index (χ1v) is 9.69. The maximum atomic E-state index is 13.7. The Labute approximate surface area is 176 Å². The van der Waals surface area contributed by atoms with Gasteiger partial charge < -0.3 is 24.3 Å². The van der Waals surface area contributed by atoms with E-state index in [9.17, 15) is 18.8 Å². The Kier molecular flexibility index (Phi) is 5.37. The van der Waals surface area contributed by atoms with E-state index in [4.69, 9.17) is 9.15 Å². The number of hydrogen-bond acceptors (Lipinski definition) is 6. The van der Waals surface area contributed by atoms with Gasteiger partial charge in [-0.1, -0.05) is 0 Å². The topological polar surface area (TPSA) is 108 Å². The fraction of sp³-hybridized carbons (Fsp3) is 0.286. The van der Waals surface area contributed by atoms with Crippen LogP contribution in [-0.4, -0.2) is 54.5 Å². The molecule has 1 aromatic heterocycles. The highest BCUT2D eigenvalue weighted by Crippen LogP contribution is 2.26. The van der Waals surface area contributed by atoms with Crippen LogP contribution in [0.3, 0.4) is 0 Å². The maximum absolute atomic E-state index is 13.7. The van der Waals surface area contributed by atoms with Crippen LogP contribution in [0.2, 0.25) is 0 Å². The summed E-state index contributed by atoms with van der Waals surface area (Å²) in [7, 11) is 1.40. The van der Waals surface area contributed by atoms with Crippen LogP contribution in [0.1, 0.15) is 6.92 Å². The lowest BCUT2D eigenvalue weighted by Crippen LogP contribution is -2.56. The number of amides is 2. The molecule has 0 bridgehead atoms. The summed E-state index contributed by atoms with van der Waals surface area (Å²) in [5, 5.41) is 2.55. The van der Waals surface area contributed by atoms with Gasteiger partial charge in [0, 0.05) is 49.2 Å². The second-order valence-corrected chi connectivity index (χ2v) is 7.29. The molecule has 162 valence electrons. The van der Waals surface area contributed by atoms with Gasteiger partial charge in [0.15, 0.2) is 17.1 Å². The number of methoxy groups -OCH3 is 1. The molecular formula is C21H21FN4O5. The van der Waals surface area contributed by atoms with Crippen LogP contribution in [-0.2, 0) is 9.59 Å². The molecule has 4 rings (SSSR count). The lowest BCUT2D eigenvalue weighted by atomic mass is 10.1. The Morgan fingerprint density at radius 3 is 2.77 bits per heavy atom. The molecule has 1 saturated heterocycles. The monoisotopic (exact) mass is 428 g/mol. The standard InChI is InChI=1S/C21H21FN4O5/c1-12-11-25(14-4-5-15(22)17(10-14)30-2)7-8-26(12)20(28)19(27)23-13-3-6-16-18(9-13)31-21(29)24-16/h3-6,9-10,12H,7-8,11H2,1-2H3,(H,23,27)(H,24,29)/t12-/m1/s1. The third kappa shape index (κ3) is 4.09. The lowest BCUT2D eigenvalue weighted by molar-refractivity contribution is -0.144. The molecule has 3 aromatic rings. The molecule has 1 aliphatic rings. The molecule has 0 saturated carbocycles. The Morgan fingerprint density at radius 1 is 1.23 bits per heavy atom. The number of benzene rings is 2. The van der Waals surface area contributed by atoms with E-state index in [1.54, 1.807) is 24.3 Å². The van der Waals surface area contributed by atoms with Crippen LogP contribution < -0.4 is 20.7 Å². The molecule has 2 N–H and O–H groups in total. The van der Waals surface area contributed by atoms with E-state index in [1.165, 1.54) is 24.1 Å². The summed E-state index contributed by atoms with van der Waals surface area (Å²) in [4.78, 5) is 42.5. The highest BCUT2D eigenvalue weighted by atomic mass is 19.1. The van der Waals surface area contributed by atoms with Gasteiger partial charge in [0.25, 0.3) is 0 Å². The average molecular weight is 428 g/mol. The van der Waals surface area contributed by atoms with Crippen molar-refractivity contribution >= 4 is 34.3 Å². The number of fused-ring (bicyclic) bond motifs is 1. The number of anilines is 2. The predicted octanol–water partition coefficient (Wildman–Crippen LogP) is 1.94. The van der Waals surface area contributed by atoms with E-state index >= 15 is 0 Å². The fourth-order valence-electron chi connectivity index (χ4n) is 3.68. The first-order valence-electron chi connectivity index (χ1n) is 9.69. The van der Waals surface area contributed by atoms with Crippen molar-refractivity contribution in [3.8, 4) is 5.75 Å². The Hall–Kier alpha value is -3.82. The van der Waals surface area contributed by atoms with Gasteiger partial charge in [-0.2, -0.15) is 0 Å². The van der Waals surface area contributed by atoms with Crippen molar-refractivity contribution in [3.05, 3.63) is 52.8 Å². The largest absolute Gasteiger partial charge is 0.494 e. The molecule has 0 radical (unpaired) electrons. The minimum absolute atomic E-state index is 0.151. The average Bonchev–Trinajstić information content (AvgIpc) is 3.12. The number of oxazole rings is 1. The second-order valence-electron chi connectivity index (χ2n) is 7.29. The number of hydrogen-bond donors (Lipinski definition) is 2. The Morgan fingerprint density at radius 2 is 2.03 bits per heavy atom. The van der Waals surface area contributed by atoms with Gasteiger partial charge in [0.1, 0.15) is 0 Å². The number of H-pyrrole nitrogens is 1. The summed E-state index contributed by atoms with van der Waals surface area (Å²) in [5.41, 5.74) is 1.91. The van der Waals surface area contributed by atoms with Crippen LogP contribution in [0.5, 0.6) is 5.75 Å². The minimum Gasteiger partial charge on any atom is -0.494 e. The third-order valence-corrected chi connectivity index (χ3v) is 5.26. The number of nitrogens with one attached hydrogen (secondary N) is 2. The molecule has 2 heterocycles. The quantitative estimate of drug-likeness (QED) is 0.618. The highest BCUT2D eigenvalue weighted by Gasteiger charge is 2.31. The summed E-state index contributed by atoms with van der Waals surface area (Å²) in [6, 6.07) is 9.00. The summed E-state index contributed by atoms with van der Waals surface area (Å²) < 4.78 is 23.7. The molecule has 2 aromatic carbocycles. The van der Waals surface area contributed by atoms with E-state index in [2.05, 4.69) is 10.3 Å². The molecule has 31 heavy (non-hydrogen) atoms. The number of halogens is 1. The molecule has 1 atom stereocenters. The first-order chi connectivity index (χ1) is 14.9. The maximum Gasteiger partial charge on any atom is 0.417 e. The molecule has 9 nitrogen and oxygen atoms in total. The number of carbonyl (C=O) groups is 2. The normalized spacial score (nSPS) is 16.4. The van der Waals surface area contributed by atoms with Crippen LogP contribution in [0, 0.1) is 5.82 Å². The summed E-state index contributed by atoms with van der Waals surface area (Å²) in [5.74, 6) is -2.32. The van der Waals surface area contributed by atoms with Gasteiger partial charge in [0.2, 0.25) is 0 Å². The predicted molar refractivity (Wildman–Crippen MR) is 112 cm³/mol. The molecule has 10 heteroatoms. The highest BCUT2D eigenvalue weighted by molar-refractivity contribution is 6.39. The summed E-state index contributed by atoms with van der Waals surface area (Å²) >= 11 is 0. The van der Waals surface area contributed by atoms with E-state index < -0.39 is 23.4 Å². The molecular weight excluding hydrogens is 407 g/mol. The molecule has 0 spiro atoms. The van der Waals surface area contributed by atoms with E-state index in [-0.39, 0.29) is 17.4 Å². The molecule has 2 amide bonds. The van der Waals surface area contributed by atoms with Crippen molar-refractivity contribution in [2.24, 2.45) is 0 Å². The van der Waals surface area contributed by atoms with Crippen molar-refractivity contribution in [1.82, 2.24) is 9.88 Å². The second kappa shape index (κ2) is 8.13. The molecule has 1 aliphatic heterocycles. The third-order valence-electron chi connectivity index (χ3n) is 5.26. The number of carbonyl (C=O) groups excluding carboxylic acids is 2. The van der Waals surface area contributed by atoms with Crippen molar-refractivity contribution < 1.29 is 23.1 Å². The number of nitrogens with zero attached hydrogens (tertiary/aromatic N) is 2. The van der Waals surface area contributed by atoms with Crippen molar-refractivity contribution in [2.75, 3.05) is 37.0 Å². The van der Waals surface area contributed by atoms with Gasteiger partial charge in [0.05, 0.1) is 12.6 Å². The van der Waals surface area contributed by atoms with Crippen LogP contribution in [0.4, 0.5) is 15.8 Å². The van der Waals surface area contributed by atoms with Crippen molar-refractivity contribution in [3.63, 3.8) is 0 Å². The number of piperazine rings is 1. The molecule has 1 fully saturated rings. The van der Waals surface area contributed by atoms with Crippen molar-refractivity contribution in [1.29, 1.82) is 0 Å². The minimum atomic E-state index is -0.777. The Bertz CT molecular complexity index is 1200. The van der Waals surface area contributed by atoms with E-state index in [1.807, 2.05) is 11.8 Å². The lowest BCUT2D eigenvalue weighted by Gasteiger charge is -2.40. The van der Waals surface area contributed by atoms with E-state index in [0.717, 1.165) is 5.69 Å². The van der Waals surface area contributed by atoms with Gasteiger partial charge in [-0.25, -0.2) is 9.18 Å². The van der Waals surface area contributed by atoms with Crippen LogP contribution in [0.15, 0.2) is 45.6 Å². The fourth-order valence-corrected chi connectivity index (χ4v) is 3.68. The van der Waals surface area contributed by atoms with Crippen molar-refractivity contribution in [2.45, 2.75) is 13.0 Å². The molecule has 0 unspecified atom stereocenters. The summed E-state index contributed by atoms with van der Waals surface area (Å²) in [6.07, 6.45) is 0. The summed E-state index contributed by atoms with van der Waals surface area (Å²) in [6.45, 7) is 3.14. The SMILES string of the molecule is COc1cc(N2CCN(C(=O)C(=O)Nc3ccc4[nH]c(=O)oc4c3)[C@H](C)C2)ccc1F. The van der Waals surface area contributed by atoms with Gasteiger partial charge in [-0.15, -0.1) is 0 Å². The molecule has 0 aliphatic carbocycles. The zero-order chi connectivity index (χ0) is 22.1. The number of aromatic nitrogens is 1. The van der Waals surface area contributed by atoms with Crippen LogP contribution in [0.25, 0.3) is 11.1 Å². The number of aromatic amines is 1. The number of ether oxygens (including phenoxy) is 1. The van der Waals surface area contributed by atoms with Gasteiger partial charge in [-0.3, -0.25) is 14.6 Å². The van der Waals surface area contributed by atoms with Gasteiger partial charge in [-0.05, 0) is 31.2 Å². The zero-order valence-electron chi connectivity index (χ0n) is 17.0. The smallest absolute Gasteiger partial charge is 0.417 e.